The number of rotatable bonds is 5. The molecule has 0 N–H and O–H groups in total. The summed E-state index contributed by atoms with van der Waals surface area (Å²) in [5.74, 6) is 1.93. The first kappa shape index (κ1) is 35.1. The van der Waals surface area contributed by atoms with Crippen LogP contribution >= 0.6 is 0 Å². The van der Waals surface area contributed by atoms with Gasteiger partial charge in [-0.1, -0.05) is 158 Å². The van der Waals surface area contributed by atoms with Crippen LogP contribution in [-0.2, 0) is 0 Å². The molecule has 0 saturated heterocycles. The van der Waals surface area contributed by atoms with Crippen LogP contribution in [0, 0.1) is 0 Å². The van der Waals surface area contributed by atoms with Crippen LogP contribution in [0.3, 0.4) is 0 Å². The lowest BCUT2D eigenvalue weighted by molar-refractivity contribution is 0.820. The van der Waals surface area contributed by atoms with Gasteiger partial charge in [0.25, 0.3) is 0 Å². The molecule has 0 fully saturated rings. The summed E-state index contributed by atoms with van der Waals surface area (Å²) in [6, 6.07) is 67.0. The lowest BCUT2D eigenvalue weighted by atomic mass is 9.91. The summed E-state index contributed by atoms with van der Waals surface area (Å²) in [5, 5.41) is 6.91. The number of anilines is 2. The van der Waals surface area contributed by atoms with Crippen molar-refractivity contribution in [3.05, 3.63) is 218 Å². The van der Waals surface area contributed by atoms with Crippen molar-refractivity contribution in [2.45, 2.75) is 12.3 Å². The van der Waals surface area contributed by atoms with E-state index >= 15 is 0 Å². The Balaban J connectivity index is 1.14. The van der Waals surface area contributed by atoms with Gasteiger partial charge in [-0.15, -0.1) is 0 Å². The number of aromatic nitrogens is 6. The monoisotopic (exact) mass is 819 g/mol. The van der Waals surface area contributed by atoms with E-state index in [2.05, 4.69) is 219 Å². The molecule has 7 nitrogen and oxygen atoms in total. The third-order valence-electron chi connectivity index (χ3n) is 13.4. The van der Waals surface area contributed by atoms with Gasteiger partial charge < -0.3 is 9.47 Å². The number of hydrogen-bond donors (Lipinski definition) is 0. The van der Waals surface area contributed by atoms with Gasteiger partial charge in [0.2, 0.25) is 11.9 Å². The summed E-state index contributed by atoms with van der Waals surface area (Å²) >= 11 is 0. The molecule has 0 spiro atoms. The van der Waals surface area contributed by atoms with E-state index in [1.54, 1.807) is 0 Å². The van der Waals surface area contributed by atoms with Gasteiger partial charge >= 0.3 is 0 Å². The van der Waals surface area contributed by atoms with Crippen molar-refractivity contribution >= 4 is 76.8 Å². The van der Waals surface area contributed by atoms with Crippen molar-refractivity contribution in [3.63, 3.8) is 0 Å². The van der Waals surface area contributed by atoms with Crippen LogP contribution in [-0.4, -0.2) is 28.7 Å². The standard InChI is InChI=1S/C57H37N7/c1-4-18-36(19-5-1)55-58-56(63-49-30-16-12-26-41(49)45-34-32-43-39-24-10-14-28-47(39)61(51(43)53(45)63)37-20-6-2-7-21-37)60-57(59-55)64-50-31-17-13-27-42(50)46-35-33-44-40-25-11-15-29-48(40)62(52(44)54(46)64)38-22-8-3-9-23-38/h1-24,26-35,40H,25H2. The smallest absolute Gasteiger partial charge is 0.240 e. The molecule has 300 valence electrons. The molecule has 4 aromatic heterocycles. The van der Waals surface area contributed by atoms with E-state index in [9.17, 15) is 0 Å². The van der Waals surface area contributed by atoms with Crippen molar-refractivity contribution < 1.29 is 0 Å². The van der Waals surface area contributed by atoms with Gasteiger partial charge in [-0.3, -0.25) is 9.13 Å². The zero-order chi connectivity index (χ0) is 41.9. The Morgan fingerprint density at radius 1 is 0.406 bits per heavy atom. The molecule has 0 saturated carbocycles. The molecule has 1 aliphatic heterocycles. The third-order valence-corrected chi connectivity index (χ3v) is 13.4. The maximum atomic E-state index is 5.67. The third kappa shape index (κ3) is 4.89. The number of fused-ring (bicyclic) bond motifs is 14. The zero-order valence-electron chi connectivity index (χ0n) is 34.5. The summed E-state index contributed by atoms with van der Waals surface area (Å²) < 4.78 is 6.98. The van der Waals surface area contributed by atoms with Crippen LogP contribution in [0.5, 0.6) is 0 Å². The van der Waals surface area contributed by atoms with Crippen LogP contribution < -0.4 is 4.90 Å². The van der Waals surface area contributed by atoms with E-state index in [-0.39, 0.29) is 5.92 Å². The number of hydrogen-bond acceptors (Lipinski definition) is 4. The van der Waals surface area contributed by atoms with E-state index in [1.165, 1.54) is 16.6 Å². The van der Waals surface area contributed by atoms with Gasteiger partial charge in [0.1, 0.15) is 0 Å². The Morgan fingerprint density at radius 3 is 1.52 bits per heavy atom. The van der Waals surface area contributed by atoms with Gasteiger partial charge in [-0.25, -0.2) is 0 Å². The van der Waals surface area contributed by atoms with E-state index in [1.807, 2.05) is 6.07 Å². The highest BCUT2D eigenvalue weighted by atomic mass is 15.3. The molecule has 2 aliphatic rings. The van der Waals surface area contributed by atoms with Crippen LogP contribution in [0.25, 0.3) is 94.4 Å². The lowest BCUT2D eigenvalue weighted by Gasteiger charge is -2.25. The molecule has 0 radical (unpaired) electrons. The average Bonchev–Trinajstić information content (AvgIpc) is 4.10. The summed E-state index contributed by atoms with van der Waals surface area (Å²) in [6.07, 6.45) is 7.71. The Kier molecular flexibility index (Phi) is 7.39. The fraction of sp³-hybridized carbons (Fsp3) is 0.0351. The van der Waals surface area contributed by atoms with E-state index < -0.39 is 0 Å². The molecule has 0 amide bonds. The minimum Gasteiger partial charge on any atom is -0.311 e. The number of para-hydroxylation sites is 5. The fourth-order valence-electron chi connectivity index (χ4n) is 10.7. The van der Waals surface area contributed by atoms with E-state index in [0.29, 0.717) is 17.7 Å². The van der Waals surface area contributed by atoms with Crippen LogP contribution in [0.4, 0.5) is 11.4 Å². The Bertz CT molecular complexity index is 3930. The predicted molar refractivity (Wildman–Crippen MR) is 261 cm³/mol. The minimum atomic E-state index is 0.223. The molecular weight excluding hydrogens is 783 g/mol. The highest BCUT2D eigenvalue weighted by Crippen LogP contribution is 2.54. The molecule has 8 aromatic carbocycles. The molecule has 12 aromatic rings. The quantitative estimate of drug-likeness (QED) is 0.174. The maximum absolute atomic E-state index is 5.67. The van der Waals surface area contributed by atoms with Gasteiger partial charge in [0.15, 0.2) is 5.82 Å². The summed E-state index contributed by atoms with van der Waals surface area (Å²) in [5.41, 5.74) is 13.3. The normalized spacial score (nSPS) is 14.7. The summed E-state index contributed by atoms with van der Waals surface area (Å²) in [4.78, 5) is 19.1. The van der Waals surface area contributed by atoms with Gasteiger partial charge in [-0.2, -0.15) is 15.0 Å². The zero-order valence-corrected chi connectivity index (χ0v) is 34.5. The van der Waals surface area contributed by atoms with Gasteiger partial charge in [0, 0.05) is 60.9 Å². The van der Waals surface area contributed by atoms with Crippen molar-refractivity contribution in [3.8, 4) is 29.0 Å². The average molecular weight is 820 g/mol. The first-order valence-electron chi connectivity index (χ1n) is 21.9. The van der Waals surface area contributed by atoms with Gasteiger partial charge in [0.05, 0.1) is 38.8 Å². The van der Waals surface area contributed by atoms with Crippen LogP contribution in [0.1, 0.15) is 17.9 Å². The number of allylic oxidation sites excluding steroid dienone is 4. The molecular formula is C57H37N7. The largest absolute Gasteiger partial charge is 0.311 e. The molecule has 7 heteroatoms. The second-order valence-electron chi connectivity index (χ2n) is 16.8. The highest BCUT2D eigenvalue weighted by Gasteiger charge is 2.38. The van der Waals surface area contributed by atoms with Crippen LogP contribution in [0.2, 0.25) is 0 Å². The van der Waals surface area contributed by atoms with E-state index in [0.717, 1.165) is 89.1 Å². The molecule has 14 rings (SSSR count). The topological polar surface area (TPSA) is 56.7 Å². The lowest BCUT2D eigenvalue weighted by Crippen LogP contribution is -2.15. The second kappa shape index (κ2) is 13.5. The second-order valence-corrected chi connectivity index (χ2v) is 16.8. The molecule has 5 heterocycles. The Morgan fingerprint density at radius 2 is 0.891 bits per heavy atom. The molecule has 0 bridgehead atoms. The van der Waals surface area contributed by atoms with E-state index in [4.69, 9.17) is 15.0 Å². The maximum Gasteiger partial charge on any atom is 0.240 e. The van der Waals surface area contributed by atoms with Crippen LogP contribution in [0.15, 0.2) is 212 Å². The highest BCUT2D eigenvalue weighted by molar-refractivity contribution is 6.24. The van der Waals surface area contributed by atoms with Crippen molar-refractivity contribution in [2.75, 3.05) is 4.90 Å². The predicted octanol–water partition coefficient (Wildman–Crippen LogP) is 13.9. The number of nitrogens with zero attached hydrogens (tertiary/aromatic N) is 7. The SMILES string of the molecule is C1=CCC2C(=C1)N(c1ccccc1)c1c2ccc2c3ccccc3n(-c3nc(-c4ccccc4)nc(-n4c5ccccc5c5ccc6c7ccccc7n(-c7ccccc7)c6c54)n3)c12. The first-order chi connectivity index (χ1) is 31.8. The summed E-state index contributed by atoms with van der Waals surface area (Å²) in [6.45, 7) is 0. The molecule has 1 atom stereocenters. The first-order valence-corrected chi connectivity index (χ1v) is 21.9. The van der Waals surface area contributed by atoms with Crippen molar-refractivity contribution in [2.24, 2.45) is 0 Å². The molecule has 64 heavy (non-hydrogen) atoms. The number of benzene rings is 8. The minimum absolute atomic E-state index is 0.223. The fourth-order valence-corrected chi connectivity index (χ4v) is 10.7. The molecule has 1 unspecified atom stereocenters. The van der Waals surface area contributed by atoms with Crippen molar-refractivity contribution in [1.82, 2.24) is 28.7 Å². The molecule has 1 aliphatic carbocycles. The summed E-state index contributed by atoms with van der Waals surface area (Å²) in [7, 11) is 0. The Hall–Kier alpha value is -8.55. The Labute approximate surface area is 367 Å². The van der Waals surface area contributed by atoms with Crippen molar-refractivity contribution in [1.29, 1.82) is 0 Å². The van der Waals surface area contributed by atoms with Gasteiger partial charge in [-0.05, 0) is 60.5 Å².